The van der Waals surface area contributed by atoms with E-state index in [2.05, 4.69) is 5.32 Å². The van der Waals surface area contributed by atoms with Crippen molar-refractivity contribution in [1.82, 2.24) is 15.2 Å². The fourth-order valence-electron chi connectivity index (χ4n) is 4.19. The average molecular weight is 442 g/mol. The second-order valence-electron chi connectivity index (χ2n) is 8.42. The van der Waals surface area contributed by atoms with Gasteiger partial charge in [-0.3, -0.25) is 4.79 Å². The summed E-state index contributed by atoms with van der Waals surface area (Å²) < 4.78 is 13.9. The molecule has 4 aromatic rings. The highest BCUT2D eigenvalue weighted by molar-refractivity contribution is 6.09. The molecule has 0 bridgehead atoms. The summed E-state index contributed by atoms with van der Waals surface area (Å²) in [7, 11) is 3.96. The Morgan fingerprint density at radius 3 is 2.42 bits per heavy atom. The van der Waals surface area contributed by atoms with Crippen molar-refractivity contribution < 1.29 is 9.18 Å². The quantitative estimate of drug-likeness (QED) is 0.384. The van der Waals surface area contributed by atoms with Crippen LogP contribution in [-0.4, -0.2) is 29.9 Å². The number of fused-ring (bicyclic) bond motifs is 1. The number of benzene rings is 3. The molecule has 4 rings (SSSR count). The monoisotopic (exact) mass is 441 g/mol. The van der Waals surface area contributed by atoms with Gasteiger partial charge in [0.2, 0.25) is 0 Å². The molecule has 5 heteroatoms. The van der Waals surface area contributed by atoms with Gasteiger partial charge in [0.1, 0.15) is 5.82 Å². The minimum atomic E-state index is -0.311. The van der Waals surface area contributed by atoms with E-state index >= 15 is 0 Å². The van der Waals surface area contributed by atoms with E-state index in [4.69, 9.17) is 4.98 Å². The highest BCUT2D eigenvalue weighted by atomic mass is 19.1. The summed E-state index contributed by atoms with van der Waals surface area (Å²) in [6.07, 6.45) is 0.646. The number of carbonyl (C=O) groups is 1. The van der Waals surface area contributed by atoms with E-state index in [1.54, 1.807) is 6.07 Å². The van der Waals surface area contributed by atoms with Gasteiger partial charge in [-0.2, -0.15) is 0 Å². The van der Waals surface area contributed by atoms with Crippen LogP contribution < -0.4 is 5.32 Å². The van der Waals surface area contributed by atoms with Crippen LogP contribution in [0.1, 0.15) is 40.9 Å². The fourth-order valence-corrected chi connectivity index (χ4v) is 4.19. The van der Waals surface area contributed by atoms with Crippen LogP contribution in [0.5, 0.6) is 0 Å². The van der Waals surface area contributed by atoms with Gasteiger partial charge in [0.25, 0.3) is 5.91 Å². The molecule has 33 heavy (non-hydrogen) atoms. The number of nitrogens with zero attached hydrogens (tertiary/aromatic N) is 2. The van der Waals surface area contributed by atoms with Crippen molar-refractivity contribution in [3.63, 3.8) is 0 Å². The summed E-state index contributed by atoms with van der Waals surface area (Å²) in [5.74, 6) is -0.493. The standard InChI is InChI=1S/C28H28FN3O/c1-4-24(20-13-10-14-21(29)17-20)31-28(33)26-22-15-8-9-16-25(22)30-27(23(26)18-32(2)3)19-11-6-5-7-12-19/h5-17,24H,4,18H2,1-3H3,(H,31,33). The van der Waals surface area contributed by atoms with E-state index in [9.17, 15) is 9.18 Å². The molecule has 1 aromatic heterocycles. The summed E-state index contributed by atoms with van der Waals surface area (Å²) in [4.78, 5) is 20.8. The smallest absolute Gasteiger partial charge is 0.252 e. The zero-order chi connectivity index (χ0) is 23.4. The van der Waals surface area contributed by atoms with Crippen LogP contribution in [0.2, 0.25) is 0 Å². The Kier molecular flexibility index (Phi) is 6.80. The molecule has 4 nitrogen and oxygen atoms in total. The number of para-hydroxylation sites is 1. The van der Waals surface area contributed by atoms with Crippen molar-refractivity contribution in [2.45, 2.75) is 25.9 Å². The number of hydrogen-bond donors (Lipinski definition) is 1. The SMILES string of the molecule is CCC(NC(=O)c1c(CN(C)C)c(-c2ccccc2)nc2ccccc12)c1cccc(F)c1. The van der Waals surface area contributed by atoms with Crippen molar-refractivity contribution in [3.8, 4) is 11.3 Å². The van der Waals surface area contributed by atoms with E-state index < -0.39 is 0 Å². The summed E-state index contributed by atoms with van der Waals surface area (Å²) in [5, 5.41) is 3.97. The Morgan fingerprint density at radius 2 is 1.73 bits per heavy atom. The summed E-state index contributed by atoms with van der Waals surface area (Å²) >= 11 is 0. The zero-order valence-electron chi connectivity index (χ0n) is 19.2. The van der Waals surface area contributed by atoms with Crippen molar-refractivity contribution in [1.29, 1.82) is 0 Å². The molecule has 0 fully saturated rings. The molecule has 0 saturated heterocycles. The van der Waals surface area contributed by atoms with Gasteiger partial charge in [-0.05, 0) is 44.3 Å². The average Bonchev–Trinajstić information content (AvgIpc) is 2.82. The van der Waals surface area contributed by atoms with Crippen LogP contribution in [0.15, 0.2) is 78.9 Å². The number of carbonyl (C=O) groups excluding carboxylic acids is 1. The van der Waals surface area contributed by atoms with E-state index in [1.807, 2.05) is 86.6 Å². The number of hydrogen-bond acceptors (Lipinski definition) is 3. The molecule has 0 radical (unpaired) electrons. The molecule has 1 atom stereocenters. The topological polar surface area (TPSA) is 45.2 Å². The van der Waals surface area contributed by atoms with Gasteiger partial charge in [-0.1, -0.05) is 67.6 Å². The number of halogens is 1. The second-order valence-corrected chi connectivity index (χ2v) is 8.42. The van der Waals surface area contributed by atoms with Gasteiger partial charge in [-0.25, -0.2) is 9.37 Å². The first-order chi connectivity index (χ1) is 16.0. The fraction of sp³-hybridized carbons (Fsp3) is 0.214. The molecule has 0 spiro atoms. The minimum Gasteiger partial charge on any atom is -0.345 e. The molecule has 1 N–H and O–H groups in total. The molecule has 0 aliphatic heterocycles. The van der Waals surface area contributed by atoms with Crippen molar-refractivity contribution in [2.24, 2.45) is 0 Å². The molecule has 0 saturated carbocycles. The first-order valence-corrected chi connectivity index (χ1v) is 11.2. The maximum Gasteiger partial charge on any atom is 0.252 e. The summed E-state index contributed by atoms with van der Waals surface area (Å²) in [5.41, 5.74) is 4.77. The Morgan fingerprint density at radius 1 is 1.00 bits per heavy atom. The highest BCUT2D eigenvalue weighted by Crippen LogP contribution is 2.32. The molecular formula is C28H28FN3O. The molecule has 1 unspecified atom stereocenters. The number of aromatic nitrogens is 1. The molecule has 3 aromatic carbocycles. The predicted octanol–water partition coefficient (Wildman–Crippen LogP) is 5.98. The third kappa shape index (κ3) is 4.94. The van der Waals surface area contributed by atoms with Gasteiger partial charge >= 0.3 is 0 Å². The van der Waals surface area contributed by atoms with Crippen LogP contribution in [0, 0.1) is 5.82 Å². The van der Waals surface area contributed by atoms with Gasteiger partial charge in [0, 0.05) is 23.1 Å². The Hall–Kier alpha value is -3.57. The lowest BCUT2D eigenvalue weighted by atomic mass is 9.95. The highest BCUT2D eigenvalue weighted by Gasteiger charge is 2.24. The van der Waals surface area contributed by atoms with Crippen molar-refractivity contribution >= 4 is 16.8 Å². The second kappa shape index (κ2) is 9.92. The van der Waals surface area contributed by atoms with Crippen LogP contribution in [0.25, 0.3) is 22.2 Å². The zero-order valence-corrected chi connectivity index (χ0v) is 19.2. The van der Waals surface area contributed by atoms with E-state index in [0.29, 0.717) is 18.5 Å². The number of amides is 1. The van der Waals surface area contributed by atoms with Gasteiger partial charge < -0.3 is 10.2 Å². The van der Waals surface area contributed by atoms with Crippen molar-refractivity contribution in [3.05, 3.63) is 101 Å². The number of pyridine rings is 1. The van der Waals surface area contributed by atoms with Gasteiger partial charge in [0.15, 0.2) is 0 Å². The molecule has 1 amide bonds. The predicted molar refractivity (Wildman–Crippen MR) is 131 cm³/mol. The Balaban J connectivity index is 1.88. The first-order valence-electron chi connectivity index (χ1n) is 11.2. The van der Waals surface area contributed by atoms with Crippen LogP contribution in [-0.2, 0) is 6.54 Å². The van der Waals surface area contributed by atoms with E-state index in [0.717, 1.165) is 33.3 Å². The molecule has 0 aliphatic rings. The van der Waals surface area contributed by atoms with Crippen LogP contribution in [0.3, 0.4) is 0 Å². The number of rotatable bonds is 7. The minimum absolute atomic E-state index is 0.182. The lowest BCUT2D eigenvalue weighted by Crippen LogP contribution is -2.30. The third-order valence-electron chi connectivity index (χ3n) is 5.71. The maximum atomic E-state index is 13.9. The van der Waals surface area contributed by atoms with Crippen LogP contribution >= 0.6 is 0 Å². The first kappa shape index (κ1) is 22.6. The molecular weight excluding hydrogens is 413 g/mol. The largest absolute Gasteiger partial charge is 0.345 e. The number of nitrogens with one attached hydrogen (secondary N) is 1. The Bertz CT molecular complexity index is 1270. The van der Waals surface area contributed by atoms with E-state index in [1.165, 1.54) is 12.1 Å². The lowest BCUT2D eigenvalue weighted by molar-refractivity contribution is 0.0935. The maximum absolute atomic E-state index is 13.9. The van der Waals surface area contributed by atoms with Crippen molar-refractivity contribution in [2.75, 3.05) is 14.1 Å². The molecule has 0 aliphatic carbocycles. The van der Waals surface area contributed by atoms with Gasteiger partial charge in [-0.15, -0.1) is 0 Å². The van der Waals surface area contributed by atoms with Gasteiger partial charge in [0.05, 0.1) is 22.8 Å². The third-order valence-corrected chi connectivity index (χ3v) is 5.71. The molecule has 1 heterocycles. The normalized spacial score (nSPS) is 12.2. The summed E-state index contributed by atoms with van der Waals surface area (Å²) in [6.45, 7) is 2.54. The lowest BCUT2D eigenvalue weighted by Gasteiger charge is -2.23. The van der Waals surface area contributed by atoms with E-state index in [-0.39, 0.29) is 17.8 Å². The molecule has 168 valence electrons. The summed E-state index contributed by atoms with van der Waals surface area (Å²) in [6, 6.07) is 23.8. The Labute approximate surface area is 194 Å². The van der Waals surface area contributed by atoms with Crippen LogP contribution in [0.4, 0.5) is 4.39 Å².